The van der Waals surface area contributed by atoms with Gasteiger partial charge in [-0.15, -0.1) is 0 Å². The second-order valence-corrected chi connectivity index (χ2v) is 9.15. The molecule has 0 aliphatic carbocycles. The van der Waals surface area contributed by atoms with Gasteiger partial charge in [0.2, 0.25) is 0 Å². The Morgan fingerprint density at radius 3 is 2.49 bits per heavy atom. The van der Waals surface area contributed by atoms with Crippen LogP contribution in [-0.2, 0) is 6.42 Å². The minimum absolute atomic E-state index is 0.0675. The first-order chi connectivity index (χ1) is 17.1. The molecular weight excluding hydrogens is 460 g/mol. The maximum Gasteiger partial charge on any atom is 0.289 e. The van der Waals surface area contributed by atoms with Gasteiger partial charge in [0.25, 0.3) is 5.91 Å². The highest BCUT2D eigenvalue weighted by atomic mass is 35.5. The van der Waals surface area contributed by atoms with Crippen molar-refractivity contribution >= 4 is 23.3 Å². The molecule has 3 heterocycles. The van der Waals surface area contributed by atoms with Gasteiger partial charge < -0.3 is 14.2 Å². The number of rotatable bonds is 5. The lowest BCUT2D eigenvalue weighted by Gasteiger charge is -2.26. The number of carbonyl (C=O) groups excluding carboxylic acids is 1. The summed E-state index contributed by atoms with van der Waals surface area (Å²) < 4.78 is 5.34. The lowest BCUT2D eigenvalue weighted by molar-refractivity contribution is 0.0735. The predicted molar refractivity (Wildman–Crippen MR) is 138 cm³/mol. The molecule has 178 valence electrons. The monoisotopic (exact) mass is 486 g/mol. The van der Waals surface area contributed by atoms with Crippen LogP contribution in [0.5, 0.6) is 0 Å². The highest BCUT2D eigenvalue weighted by Crippen LogP contribution is 2.29. The summed E-state index contributed by atoms with van der Waals surface area (Å²) in [5, 5.41) is 0.718. The first-order valence-electron chi connectivity index (χ1n) is 11.8. The van der Waals surface area contributed by atoms with Gasteiger partial charge in [-0.1, -0.05) is 54.1 Å². The highest BCUT2D eigenvalue weighted by molar-refractivity contribution is 6.30. The van der Waals surface area contributed by atoms with Gasteiger partial charge >= 0.3 is 0 Å². The van der Waals surface area contributed by atoms with Crippen LogP contribution in [0.4, 0.5) is 5.82 Å². The fraction of sp³-hybridized carbons (Fsp3) is 0.250. The maximum absolute atomic E-state index is 12.9. The van der Waals surface area contributed by atoms with Crippen LogP contribution in [0.3, 0.4) is 0 Å². The number of amides is 1. The van der Waals surface area contributed by atoms with Crippen LogP contribution in [0, 0.1) is 6.92 Å². The molecule has 0 saturated carbocycles. The number of nitrogens with zero attached hydrogens (tertiary/aromatic N) is 4. The zero-order valence-electron chi connectivity index (χ0n) is 19.7. The molecule has 2 aromatic heterocycles. The topological polar surface area (TPSA) is 62.5 Å². The predicted octanol–water partition coefficient (Wildman–Crippen LogP) is 5.64. The van der Waals surface area contributed by atoms with Crippen molar-refractivity contribution in [3.63, 3.8) is 0 Å². The molecule has 1 fully saturated rings. The van der Waals surface area contributed by atoms with Crippen molar-refractivity contribution in [3.8, 4) is 11.4 Å². The number of anilines is 1. The van der Waals surface area contributed by atoms with Crippen LogP contribution in [0.1, 0.15) is 33.8 Å². The van der Waals surface area contributed by atoms with E-state index in [4.69, 9.17) is 26.0 Å². The SMILES string of the molecule is Cc1nc(-c2ccccc2)nc(N2CCCN(C(=O)c3ccco3)CC2)c1Cc1ccc(Cl)cc1. The zero-order chi connectivity index (χ0) is 24.2. The number of benzene rings is 2. The molecule has 1 aliphatic rings. The number of aryl methyl sites for hydroxylation is 1. The molecule has 0 N–H and O–H groups in total. The van der Waals surface area contributed by atoms with Gasteiger partial charge in [-0.05, 0) is 43.2 Å². The minimum Gasteiger partial charge on any atom is -0.459 e. The first-order valence-corrected chi connectivity index (χ1v) is 12.2. The largest absolute Gasteiger partial charge is 0.459 e. The van der Waals surface area contributed by atoms with Gasteiger partial charge in [0.1, 0.15) is 5.82 Å². The summed E-state index contributed by atoms with van der Waals surface area (Å²) >= 11 is 6.11. The third kappa shape index (κ3) is 5.23. The molecule has 0 unspecified atom stereocenters. The van der Waals surface area contributed by atoms with Gasteiger partial charge in [-0.25, -0.2) is 9.97 Å². The minimum atomic E-state index is -0.0675. The van der Waals surface area contributed by atoms with Crippen molar-refractivity contribution in [2.24, 2.45) is 0 Å². The van der Waals surface area contributed by atoms with Gasteiger partial charge in [0.05, 0.1) is 6.26 Å². The van der Waals surface area contributed by atoms with E-state index < -0.39 is 0 Å². The van der Waals surface area contributed by atoms with Crippen LogP contribution in [-0.4, -0.2) is 47.0 Å². The van der Waals surface area contributed by atoms with E-state index >= 15 is 0 Å². The Hall–Kier alpha value is -3.64. The third-order valence-electron chi connectivity index (χ3n) is 6.33. The van der Waals surface area contributed by atoms with Crippen molar-refractivity contribution in [1.29, 1.82) is 0 Å². The van der Waals surface area contributed by atoms with E-state index in [9.17, 15) is 4.79 Å². The lowest BCUT2D eigenvalue weighted by Crippen LogP contribution is -2.35. The molecule has 0 bridgehead atoms. The fourth-order valence-electron chi connectivity index (χ4n) is 4.46. The molecule has 5 rings (SSSR count). The van der Waals surface area contributed by atoms with Crippen LogP contribution in [0.25, 0.3) is 11.4 Å². The van der Waals surface area contributed by atoms with Crippen LogP contribution in [0.15, 0.2) is 77.4 Å². The average Bonchev–Trinajstić information content (AvgIpc) is 3.31. The molecule has 35 heavy (non-hydrogen) atoms. The Morgan fingerprint density at radius 1 is 0.943 bits per heavy atom. The molecule has 1 aliphatic heterocycles. The van der Waals surface area contributed by atoms with E-state index in [2.05, 4.69) is 4.90 Å². The average molecular weight is 487 g/mol. The Kier molecular flexibility index (Phi) is 6.82. The zero-order valence-corrected chi connectivity index (χ0v) is 20.4. The van der Waals surface area contributed by atoms with Crippen molar-refractivity contribution in [2.45, 2.75) is 19.8 Å². The second-order valence-electron chi connectivity index (χ2n) is 8.71. The van der Waals surface area contributed by atoms with E-state index in [-0.39, 0.29) is 5.91 Å². The Bertz CT molecular complexity index is 1290. The number of halogens is 1. The molecule has 0 spiro atoms. The van der Waals surface area contributed by atoms with Crippen LogP contribution in [0.2, 0.25) is 5.02 Å². The molecule has 0 radical (unpaired) electrons. The Labute approximate surface area is 210 Å². The fourth-order valence-corrected chi connectivity index (χ4v) is 4.59. The Morgan fingerprint density at radius 2 is 1.74 bits per heavy atom. The molecule has 7 heteroatoms. The molecule has 1 amide bonds. The highest BCUT2D eigenvalue weighted by Gasteiger charge is 2.25. The summed E-state index contributed by atoms with van der Waals surface area (Å²) in [6.45, 7) is 4.82. The van der Waals surface area contributed by atoms with E-state index in [0.717, 1.165) is 46.2 Å². The molecule has 4 aromatic rings. The van der Waals surface area contributed by atoms with E-state index in [1.165, 1.54) is 6.26 Å². The first kappa shape index (κ1) is 23.1. The molecule has 1 saturated heterocycles. The van der Waals surface area contributed by atoms with Gasteiger partial charge in [0.15, 0.2) is 11.6 Å². The number of furan rings is 1. The summed E-state index contributed by atoms with van der Waals surface area (Å²) in [4.78, 5) is 27.0. The summed E-state index contributed by atoms with van der Waals surface area (Å²) in [6.07, 6.45) is 3.09. The molecular formula is C28H27ClN4O2. The van der Waals surface area contributed by atoms with E-state index in [1.807, 2.05) is 66.4 Å². The quantitative estimate of drug-likeness (QED) is 0.365. The summed E-state index contributed by atoms with van der Waals surface area (Å²) in [6, 6.07) is 21.4. The lowest BCUT2D eigenvalue weighted by atomic mass is 10.0. The van der Waals surface area contributed by atoms with Gasteiger partial charge in [-0.2, -0.15) is 0 Å². The smallest absolute Gasteiger partial charge is 0.289 e. The number of aromatic nitrogens is 2. The summed E-state index contributed by atoms with van der Waals surface area (Å²) in [5.41, 5.74) is 4.19. The number of hydrogen-bond donors (Lipinski definition) is 0. The van der Waals surface area contributed by atoms with Crippen molar-refractivity contribution in [1.82, 2.24) is 14.9 Å². The molecule has 2 aromatic carbocycles. The van der Waals surface area contributed by atoms with Crippen LogP contribution < -0.4 is 4.90 Å². The van der Waals surface area contributed by atoms with Crippen LogP contribution >= 0.6 is 11.6 Å². The standard InChI is InChI=1S/C28H27ClN4O2/c1-20-24(19-21-10-12-23(29)13-11-21)27(31-26(30-20)22-7-3-2-4-8-22)32-14-6-15-33(17-16-32)28(34)25-9-5-18-35-25/h2-5,7-13,18H,6,14-17,19H2,1H3. The Balaban J connectivity index is 1.48. The van der Waals surface area contributed by atoms with E-state index in [0.29, 0.717) is 37.6 Å². The normalized spacial score (nSPS) is 14.1. The van der Waals surface area contributed by atoms with Gasteiger partial charge in [-0.3, -0.25) is 4.79 Å². The molecule has 6 nitrogen and oxygen atoms in total. The van der Waals surface area contributed by atoms with Crippen molar-refractivity contribution in [2.75, 3.05) is 31.1 Å². The summed E-state index contributed by atoms with van der Waals surface area (Å²) in [7, 11) is 0. The third-order valence-corrected chi connectivity index (χ3v) is 6.58. The maximum atomic E-state index is 12.9. The van der Waals surface area contributed by atoms with Crippen molar-refractivity contribution < 1.29 is 9.21 Å². The van der Waals surface area contributed by atoms with E-state index in [1.54, 1.807) is 12.1 Å². The second kappa shape index (κ2) is 10.3. The number of carbonyl (C=O) groups is 1. The van der Waals surface area contributed by atoms with Crippen molar-refractivity contribution in [3.05, 3.63) is 101 Å². The van der Waals surface area contributed by atoms with Gasteiger partial charge in [0, 0.05) is 54.4 Å². The molecule has 0 atom stereocenters. The number of hydrogen-bond acceptors (Lipinski definition) is 5. The summed E-state index contributed by atoms with van der Waals surface area (Å²) in [5.74, 6) is 1.96.